The number of pyridine rings is 1. The van der Waals surface area contributed by atoms with Crippen molar-refractivity contribution in [3.63, 3.8) is 0 Å². The minimum absolute atomic E-state index is 0.124. The van der Waals surface area contributed by atoms with E-state index in [1.807, 2.05) is 6.92 Å². The van der Waals surface area contributed by atoms with Crippen LogP contribution >= 0.6 is 0 Å². The molecular weight excluding hydrogens is 260 g/mol. The van der Waals surface area contributed by atoms with Gasteiger partial charge in [0.05, 0.1) is 0 Å². The van der Waals surface area contributed by atoms with Gasteiger partial charge < -0.3 is 10.6 Å². The molecule has 2 N–H and O–H groups in total. The van der Waals surface area contributed by atoms with Crippen molar-refractivity contribution in [2.45, 2.75) is 52.0 Å². The van der Waals surface area contributed by atoms with Gasteiger partial charge in [-0.1, -0.05) is 26.7 Å². The van der Waals surface area contributed by atoms with Crippen LogP contribution in [-0.2, 0) is 0 Å². The second kappa shape index (κ2) is 6.86. The van der Waals surface area contributed by atoms with Crippen LogP contribution in [-0.4, -0.2) is 17.6 Å². The van der Waals surface area contributed by atoms with Gasteiger partial charge in [-0.3, -0.25) is 0 Å². The Morgan fingerprint density at radius 1 is 1.20 bits per heavy atom. The Morgan fingerprint density at radius 3 is 2.60 bits per heavy atom. The second-order valence-electron chi connectivity index (χ2n) is 5.59. The Kier molecular flexibility index (Phi) is 5.15. The molecule has 1 saturated carbocycles. The van der Waals surface area contributed by atoms with Crippen LogP contribution in [0, 0.1) is 17.6 Å². The molecule has 112 valence electrons. The molecule has 1 aliphatic carbocycles. The number of anilines is 2. The molecule has 0 aromatic carbocycles. The molecule has 0 spiro atoms. The van der Waals surface area contributed by atoms with Gasteiger partial charge in [0.25, 0.3) is 0 Å². The number of hydrogen-bond acceptors (Lipinski definition) is 3. The summed E-state index contributed by atoms with van der Waals surface area (Å²) < 4.78 is 27.5. The number of rotatable bonds is 5. The van der Waals surface area contributed by atoms with Crippen LogP contribution in [0.3, 0.4) is 0 Å². The van der Waals surface area contributed by atoms with Gasteiger partial charge in [-0.25, -0.2) is 13.8 Å². The smallest absolute Gasteiger partial charge is 0.168 e. The number of aromatic nitrogens is 1. The maximum atomic E-state index is 13.8. The summed E-state index contributed by atoms with van der Waals surface area (Å²) in [4.78, 5) is 4.07. The molecule has 1 aromatic rings. The summed E-state index contributed by atoms with van der Waals surface area (Å²) >= 11 is 0. The molecule has 2 rings (SSSR count). The van der Waals surface area contributed by atoms with Crippen molar-refractivity contribution in [1.29, 1.82) is 0 Å². The van der Waals surface area contributed by atoms with Gasteiger partial charge in [0.15, 0.2) is 23.3 Å². The average Bonchev–Trinajstić information content (AvgIpc) is 2.43. The third-order valence-electron chi connectivity index (χ3n) is 3.91. The van der Waals surface area contributed by atoms with Crippen LogP contribution in [0.25, 0.3) is 0 Å². The lowest BCUT2D eigenvalue weighted by atomic mass is 9.86. The molecule has 1 fully saturated rings. The average molecular weight is 283 g/mol. The molecule has 1 aromatic heterocycles. The monoisotopic (exact) mass is 283 g/mol. The van der Waals surface area contributed by atoms with Crippen LogP contribution in [0.5, 0.6) is 0 Å². The van der Waals surface area contributed by atoms with Crippen molar-refractivity contribution in [2.75, 3.05) is 17.2 Å². The van der Waals surface area contributed by atoms with E-state index in [1.54, 1.807) is 0 Å². The first-order chi connectivity index (χ1) is 9.61. The van der Waals surface area contributed by atoms with Crippen molar-refractivity contribution in [1.82, 2.24) is 4.98 Å². The molecule has 20 heavy (non-hydrogen) atoms. The highest BCUT2D eigenvalue weighted by Gasteiger charge is 2.23. The lowest BCUT2D eigenvalue weighted by molar-refractivity contribution is 0.348. The maximum Gasteiger partial charge on any atom is 0.168 e. The predicted octanol–water partition coefficient (Wildman–Crippen LogP) is 4.17. The van der Waals surface area contributed by atoms with Crippen molar-refractivity contribution >= 4 is 11.6 Å². The number of hydrogen-bond donors (Lipinski definition) is 2. The van der Waals surface area contributed by atoms with E-state index in [0.717, 1.165) is 31.7 Å². The summed E-state index contributed by atoms with van der Waals surface area (Å²) in [5.41, 5.74) is 0. The van der Waals surface area contributed by atoms with Crippen molar-refractivity contribution < 1.29 is 8.78 Å². The summed E-state index contributed by atoms with van der Waals surface area (Å²) in [7, 11) is 0. The zero-order valence-corrected chi connectivity index (χ0v) is 12.2. The van der Waals surface area contributed by atoms with E-state index >= 15 is 0 Å². The fourth-order valence-electron chi connectivity index (χ4n) is 2.64. The number of halogens is 2. The summed E-state index contributed by atoms with van der Waals surface area (Å²) in [6.45, 7) is 4.76. The highest BCUT2D eigenvalue weighted by Crippen LogP contribution is 2.28. The molecule has 0 bridgehead atoms. The van der Waals surface area contributed by atoms with Crippen LogP contribution in [0.1, 0.15) is 46.0 Å². The van der Waals surface area contributed by atoms with Crippen LogP contribution < -0.4 is 10.6 Å². The summed E-state index contributed by atoms with van der Waals surface area (Å²) in [5.74, 6) is -0.495. The predicted molar refractivity (Wildman–Crippen MR) is 78.0 cm³/mol. The fourth-order valence-corrected chi connectivity index (χ4v) is 2.64. The summed E-state index contributed by atoms with van der Waals surface area (Å²) in [5, 5.41) is 6.04. The molecule has 5 heteroatoms. The standard InChI is InChI=1S/C15H23F2N3/c1-3-8-18-14-11(16)9-12(17)15(20-14)19-13-7-5-4-6-10(13)2/h9-10,13H,3-8H2,1-2H3,(H2,18,19,20). The molecule has 2 atom stereocenters. The van der Waals surface area contributed by atoms with Gasteiger partial charge in [0, 0.05) is 18.7 Å². The molecule has 0 aliphatic heterocycles. The van der Waals surface area contributed by atoms with E-state index < -0.39 is 11.6 Å². The maximum absolute atomic E-state index is 13.8. The van der Waals surface area contributed by atoms with E-state index in [2.05, 4.69) is 22.5 Å². The molecule has 3 nitrogen and oxygen atoms in total. The summed E-state index contributed by atoms with van der Waals surface area (Å²) in [6, 6.07) is 1.12. The number of nitrogens with one attached hydrogen (secondary N) is 2. The molecular formula is C15H23F2N3. The van der Waals surface area contributed by atoms with Gasteiger partial charge in [-0.15, -0.1) is 0 Å². The van der Waals surface area contributed by atoms with Crippen LogP contribution in [0.2, 0.25) is 0 Å². The SMILES string of the molecule is CCCNc1nc(NC2CCCCC2C)c(F)cc1F. The Balaban J connectivity index is 2.13. The molecule has 1 aliphatic rings. The van der Waals surface area contributed by atoms with E-state index in [4.69, 9.17) is 0 Å². The Hall–Kier alpha value is -1.39. The quantitative estimate of drug-likeness (QED) is 0.851. The highest BCUT2D eigenvalue weighted by atomic mass is 19.1. The van der Waals surface area contributed by atoms with Gasteiger partial charge >= 0.3 is 0 Å². The Labute approximate surface area is 119 Å². The van der Waals surface area contributed by atoms with Crippen molar-refractivity contribution in [2.24, 2.45) is 5.92 Å². The first kappa shape index (κ1) is 15.0. The van der Waals surface area contributed by atoms with Gasteiger partial charge in [-0.2, -0.15) is 0 Å². The zero-order valence-electron chi connectivity index (χ0n) is 12.2. The van der Waals surface area contributed by atoms with E-state index in [1.165, 1.54) is 6.42 Å². The normalized spacial score (nSPS) is 22.6. The van der Waals surface area contributed by atoms with Crippen molar-refractivity contribution in [3.05, 3.63) is 17.7 Å². The third-order valence-corrected chi connectivity index (χ3v) is 3.91. The Morgan fingerprint density at radius 2 is 1.90 bits per heavy atom. The Bertz CT molecular complexity index is 451. The fraction of sp³-hybridized carbons (Fsp3) is 0.667. The molecule has 0 amide bonds. The van der Waals surface area contributed by atoms with Gasteiger partial charge in [0.2, 0.25) is 0 Å². The lowest BCUT2D eigenvalue weighted by Gasteiger charge is -2.30. The minimum atomic E-state index is -0.641. The molecule has 0 saturated heterocycles. The van der Waals surface area contributed by atoms with Crippen LogP contribution in [0.4, 0.5) is 20.4 Å². The first-order valence-corrected chi connectivity index (χ1v) is 7.48. The second-order valence-corrected chi connectivity index (χ2v) is 5.59. The topological polar surface area (TPSA) is 37.0 Å². The van der Waals surface area contributed by atoms with E-state index in [0.29, 0.717) is 12.5 Å². The van der Waals surface area contributed by atoms with Gasteiger partial charge in [0.1, 0.15) is 0 Å². The highest BCUT2D eigenvalue weighted by molar-refractivity contribution is 5.48. The molecule has 1 heterocycles. The molecule has 0 radical (unpaired) electrons. The minimum Gasteiger partial charge on any atom is -0.368 e. The third kappa shape index (κ3) is 3.58. The van der Waals surface area contributed by atoms with E-state index in [-0.39, 0.29) is 17.7 Å². The van der Waals surface area contributed by atoms with E-state index in [9.17, 15) is 8.78 Å². The van der Waals surface area contributed by atoms with Crippen molar-refractivity contribution in [3.8, 4) is 0 Å². The largest absolute Gasteiger partial charge is 0.368 e. The first-order valence-electron chi connectivity index (χ1n) is 7.48. The lowest BCUT2D eigenvalue weighted by Crippen LogP contribution is -2.31. The van der Waals surface area contributed by atoms with Crippen LogP contribution in [0.15, 0.2) is 6.07 Å². The molecule has 2 unspecified atom stereocenters. The zero-order chi connectivity index (χ0) is 14.5. The van der Waals surface area contributed by atoms with Gasteiger partial charge in [-0.05, 0) is 25.2 Å². The summed E-state index contributed by atoms with van der Waals surface area (Å²) in [6.07, 6.45) is 5.38. The number of nitrogens with zero attached hydrogens (tertiary/aromatic N) is 1.